The lowest BCUT2D eigenvalue weighted by atomic mass is 10.2. The number of benzene rings is 1. The number of carbonyl (C=O) groups is 1. The number of anilines is 1. The fourth-order valence-corrected chi connectivity index (χ4v) is 4.45. The van der Waals surface area contributed by atoms with E-state index in [9.17, 15) is 17.6 Å². The quantitative estimate of drug-likeness (QED) is 0.760. The van der Waals surface area contributed by atoms with Crippen molar-refractivity contribution < 1.29 is 22.7 Å². The van der Waals surface area contributed by atoms with Crippen LogP contribution in [0.25, 0.3) is 0 Å². The molecule has 2 N–H and O–H groups in total. The summed E-state index contributed by atoms with van der Waals surface area (Å²) in [4.78, 5) is 11.4. The molecule has 1 saturated carbocycles. The highest BCUT2D eigenvalue weighted by molar-refractivity contribution is 7.98. The van der Waals surface area contributed by atoms with E-state index in [4.69, 9.17) is 5.11 Å². The Morgan fingerprint density at radius 2 is 2.00 bits per heavy atom. The second-order valence-electron chi connectivity index (χ2n) is 5.40. The number of hydrogen-bond acceptors (Lipinski definition) is 4. The zero-order valence-electron chi connectivity index (χ0n) is 12.9. The fraction of sp³-hybridized carbons (Fsp3) is 0.500. The Morgan fingerprint density at radius 3 is 2.52 bits per heavy atom. The Hall–Kier alpha value is -1.32. The van der Waals surface area contributed by atoms with Crippen molar-refractivity contribution in [2.45, 2.75) is 36.6 Å². The van der Waals surface area contributed by atoms with Gasteiger partial charge in [-0.15, -0.1) is 11.8 Å². The molecule has 0 atom stereocenters. The molecule has 0 unspecified atom stereocenters. The van der Waals surface area contributed by atoms with Crippen molar-refractivity contribution in [3.05, 3.63) is 23.5 Å². The monoisotopic (exact) mass is 362 g/mol. The normalized spacial score (nSPS) is 16.0. The van der Waals surface area contributed by atoms with Crippen molar-refractivity contribution in [2.24, 2.45) is 0 Å². The third-order valence-corrected chi connectivity index (χ3v) is 6.29. The molecule has 0 aromatic heterocycles. The SMILES string of the molecule is CSc1cc(F)c(C(=O)O)cc1NS(=O)(=O)N(C)C1CCCC1. The van der Waals surface area contributed by atoms with Crippen LogP contribution in [0.3, 0.4) is 0 Å². The molecule has 0 radical (unpaired) electrons. The van der Waals surface area contributed by atoms with Gasteiger partial charge in [0.2, 0.25) is 0 Å². The van der Waals surface area contributed by atoms with E-state index in [1.54, 1.807) is 6.26 Å². The summed E-state index contributed by atoms with van der Waals surface area (Å²) in [6, 6.07) is 1.98. The lowest BCUT2D eigenvalue weighted by Gasteiger charge is -2.24. The van der Waals surface area contributed by atoms with Crippen molar-refractivity contribution in [3.8, 4) is 0 Å². The summed E-state index contributed by atoms with van der Waals surface area (Å²) in [5, 5.41) is 9.00. The molecule has 0 saturated heterocycles. The van der Waals surface area contributed by atoms with Gasteiger partial charge in [0, 0.05) is 18.0 Å². The molecule has 0 amide bonds. The minimum Gasteiger partial charge on any atom is -0.478 e. The van der Waals surface area contributed by atoms with Crippen molar-refractivity contribution >= 4 is 33.6 Å². The highest BCUT2D eigenvalue weighted by atomic mass is 32.2. The maximum absolute atomic E-state index is 13.7. The highest BCUT2D eigenvalue weighted by Gasteiger charge is 2.29. The first kappa shape index (κ1) is 18.0. The third kappa shape index (κ3) is 3.96. The Bertz CT molecular complexity index is 703. The minimum atomic E-state index is -3.83. The summed E-state index contributed by atoms with van der Waals surface area (Å²) < 4.78 is 42.4. The van der Waals surface area contributed by atoms with E-state index >= 15 is 0 Å². The average Bonchev–Trinajstić information content (AvgIpc) is 3.01. The Balaban J connectivity index is 2.33. The van der Waals surface area contributed by atoms with Crippen LogP contribution in [0.5, 0.6) is 0 Å². The van der Waals surface area contributed by atoms with Gasteiger partial charge in [-0.25, -0.2) is 9.18 Å². The smallest absolute Gasteiger partial charge is 0.338 e. The van der Waals surface area contributed by atoms with Gasteiger partial charge in [-0.1, -0.05) is 12.8 Å². The predicted molar refractivity (Wildman–Crippen MR) is 87.7 cm³/mol. The van der Waals surface area contributed by atoms with Gasteiger partial charge in [0.1, 0.15) is 5.82 Å². The number of halogens is 1. The molecule has 1 aromatic carbocycles. The molecule has 128 valence electrons. The first-order valence-corrected chi connectivity index (χ1v) is 9.79. The molecule has 9 heteroatoms. The van der Waals surface area contributed by atoms with Crippen LogP contribution in [0.15, 0.2) is 17.0 Å². The number of carboxylic acid groups (broad SMARTS) is 1. The Kier molecular flexibility index (Phi) is 5.53. The Morgan fingerprint density at radius 1 is 1.39 bits per heavy atom. The van der Waals surface area contributed by atoms with Crippen molar-refractivity contribution in [3.63, 3.8) is 0 Å². The van der Waals surface area contributed by atoms with Gasteiger partial charge in [-0.2, -0.15) is 12.7 Å². The van der Waals surface area contributed by atoms with Crippen LogP contribution < -0.4 is 4.72 Å². The van der Waals surface area contributed by atoms with E-state index in [0.717, 1.165) is 49.6 Å². The number of aromatic carboxylic acids is 1. The molecule has 0 aliphatic heterocycles. The van der Waals surface area contributed by atoms with Crippen molar-refractivity contribution in [1.82, 2.24) is 4.31 Å². The lowest BCUT2D eigenvalue weighted by molar-refractivity contribution is 0.0692. The van der Waals surface area contributed by atoms with Gasteiger partial charge in [0.25, 0.3) is 0 Å². The maximum Gasteiger partial charge on any atom is 0.338 e. The zero-order valence-corrected chi connectivity index (χ0v) is 14.5. The Labute approximate surface area is 139 Å². The van der Waals surface area contributed by atoms with Gasteiger partial charge in [0.15, 0.2) is 0 Å². The number of carboxylic acids is 1. The van der Waals surface area contributed by atoms with E-state index in [0.29, 0.717) is 4.90 Å². The summed E-state index contributed by atoms with van der Waals surface area (Å²) in [6.45, 7) is 0. The van der Waals surface area contributed by atoms with E-state index in [1.165, 1.54) is 11.4 Å². The van der Waals surface area contributed by atoms with E-state index in [2.05, 4.69) is 4.72 Å². The minimum absolute atomic E-state index is 0.0652. The van der Waals surface area contributed by atoms with Crippen LogP contribution >= 0.6 is 11.8 Å². The number of hydrogen-bond donors (Lipinski definition) is 2. The van der Waals surface area contributed by atoms with Crippen LogP contribution in [-0.2, 0) is 10.2 Å². The molecule has 6 nitrogen and oxygen atoms in total. The first-order chi connectivity index (χ1) is 10.8. The molecule has 0 spiro atoms. The largest absolute Gasteiger partial charge is 0.478 e. The summed E-state index contributed by atoms with van der Waals surface area (Å²) >= 11 is 1.14. The topological polar surface area (TPSA) is 86.7 Å². The van der Waals surface area contributed by atoms with Crippen molar-refractivity contribution in [1.29, 1.82) is 0 Å². The number of thioether (sulfide) groups is 1. The average molecular weight is 362 g/mol. The molecule has 1 aromatic rings. The van der Waals surface area contributed by atoms with Crippen LogP contribution in [0.1, 0.15) is 36.0 Å². The van der Waals surface area contributed by atoms with Gasteiger partial charge in [-0.3, -0.25) is 4.72 Å². The van der Waals surface area contributed by atoms with Crippen LogP contribution in [0, 0.1) is 5.82 Å². The van der Waals surface area contributed by atoms with Crippen LogP contribution in [0.2, 0.25) is 0 Å². The zero-order chi connectivity index (χ0) is 17.2. The molecular formula is C14H19FN2O4S2. The molecular weight excluding hydrogens is 343 g/mol. The first-order valence-electron chi connectivity index (χ1n) is 7.13. The van der Waals surface area contributed by atoms with Crippen LogP contribution in [-0.4, -0.2) is 43.1 Å². The van der Waals surface area contributed by atoms with Gasteiger partial charge in [-0.05, 0) is 31.2 Å². The summed E-state index contributed by atoms with van der Waals surface area (Å²) in [5.74, 6) is -2.34. The number of nitrogens with zero attached hydrogens (tertiary/aromatic N) is 1. The summed E-state index contributed by atoms with van der Waals surface area (Å²) in [7, 11) is -2.33. The van der Waals surface area contributed by atoms with Gasteiger partial charge < -0.3 is 5.11 Å². The molecule has 1 aliphatic carbocycles. The standard InChI is InChI=1S/C14H19FN2O4S2/c1-17(9-5-3-4-6-9)23(20,21)16-12-7-10(14(18)19)11(15)8-13(12)22-2/h7-9,16H,3-6H2,1-2H3,(H,18,19). The van der Waals surface area contributed by atoms with E-state index < -0.39 is 27.6 Å². The summed E-state index contributed by atoms with van der Waals surface area (Å²) in [5.41, 5.74) is -0.495. The lowest BCUT2D eigenvalue weighted by Crippen LogP contribution is -2.39. The molecule has 1 aliphatic rings. The fourth-order valence-electron chi connectivity index (χ4n) is 2.64. The molecule has 23 heavy (non-hydrogen) atoms. The highest BCUT2D eigenvalue weighted by Crippen LogP contribution is 2.31. The second kappa shape index (κ2) is 7.06. The molecule has 2 rings (SSSR count). The maximum atomic E-state index is 13.7. The van der Waals surface area contributed by atoms with Crippen LogP contribution in [0.4, 0.5) is 10.1 Å². The van der Waals surface area contributed by atoms with Gasteiger partial charge in [0.05, 0.1) is 11.3 Å². The molecule has 0 bridgehead atoms. The molecule has 1 fully saturated rings. The van der Waals surface area contributed by atoms with E-state index in [-0.39, 0.29) is 11.7 Å². The van der Waals surface area contributed by atoms with Crippen molar-refractivity contribution in [2.75, 3.05) is 18.0 Å². The van der Waals surface area contributed by atoms with E-state index in [1.807, 2.05) is 0 Å². The molecule has 0 heterocycles. The predicted octanol–water partition coefficient (Wildman–Crippen LogP) is 2.78. The third-order valence-electron chi connectivity index (χ3n) is 3.98. The number of rotatable bonds is 6. The second-order valence-corrected chi connectivity index (χ2v) is 7.98. The number of nitrogens with one attached hydrogen (secondary N) is 1. The summed E-state index contributed by atoms with van der Waals surface area (Å²) in [6.07, 6.45) is 5.24. The van der Waals surface area contributed by atoms with Gasteiger partial charge >= 0.3 is 16.2 Å².